The number of nitrogens with zero attached hydrogens (tertiary/aromatic N) is 1. The minimum atomic E-state index is -0.256. The van der Waals surface area contributed by atoms with Crippen LogP contribution in [0.2, 0.25) is 0 Å². The minimum Gasteiger partial charge on any atom is -0.450 e. The van der Waals surface area contributed by atoms with E-state index in [1.807, 2.05) is 6.92 Å². The maximum Gasteiger partial charge on any atom is 0.409 e. The number of amides is 1. The Morgan fingerprint density at radius 1 is 1.27 bits per heavy atom. The van der Waals surface area contributed by atoms with Crippen molar-refractivity contribution in [1.82, 2.24) is 4.90 Å². The highest BCUT2D eigenvalue weighted by Gasteiger charge is 2.30. The molecule has 1 saturated heterocycles. The molecular weight excluding hydrogens is 276 g/mol. The molecule has 2 atom stereocenters. The zero-order valence-electron chi connectivity index (χ0n) is 14.1. The lowest BCUT2D eigenvalue weighted by molar-refractivity contribution is 0.0918. The van der Waals surface area contributed by atoms with E-state index in [2.05, 4.69) is 45.0 Å². The molecule has 2 unspecified atom stereocenters. The van der Waals surface area contributed by atoms with Gasteiger partial charge in [0.1, 0.15) is 0 Å². The predicted molar refractivity (Wildman–Crippen MR) is 89.1 cm³/mol. The number of hydrogen-bond acceptors (Lipinski definition) is 3. The molecule has 4 heteroatoms. The van der Waals surface area contributed by atoms with E-state index in [0.29, 0.717) is 19.7 Å². The fraction of sp³-hybridized carbons (Fsp3) is 0.611. The maximum absolute atomic E-state index is 12.0. The van der Waals surface area contributed by atoms with Crippen LogP contribution in [0.25, 0.3) is 0 Å². The average molecular weight is 304 g/mol. The molecule has 2 rings (SSSR count). The summed E-state index contributed by atoms with van der Waals surface area (Å²) in [6, 6.07) is 8.72. The topological polar surface area (TPSA) is 55.6 Å². The third-order valence-corrected chi connectivity index (χ3v) is 4.26. The van der Waals surface area contributed by atoms with Crippen LogP contribution in [0, 0.1) is 0 Å². The largest absolute Gasteiger partial charge is 0.450 e. The van der Waals surface area contributed by atoms with Crippen molar-refractivity contribution >= 4 is 6.09 Å². The number of likely N-dealkylation sites (tertiary alicyclic amines) is 1. The van der Waals surface area contributed by atoms with Gasteiger partial charge < -0.3 is 15.4 Å². The Morgan fingerprint density at radius 3 is 2.45 bits per heavy atom. The van der Waals surface area contributed by atoms with E-state index in [-0.39, 0.29) is 23.5 Å². The molecule has 122 valence electrons. The third kappa shape index (κ3) is 4.01. The van der Waals surface area contributed by atoms with Crippen LogP contribution in [0.1, 0.15) is 51.2 Å². The number of nitrogens with two attached hydrogens (primary N) is 1. The number of piperidine rings is 1. The van der Waals surface area contributed by atoms with Crippen molar-refractivity contribution in [3.05, 3.63) is 35.4 Å². The highest BCUT2D eigenvalue weighted by atomic mass is 16.6. The number of carbonyl (C=O) groups excluding carboxylic acids is 1. The summed E-state index contributed by atoms with van der Waals surface area (Å²) in [6.45, 7) is 10.1. The van der Waals surface area contributed by atoms with Crippen molar-refractivity contribution in [1.29, 1.82) is 0 Å². The molecule has 0 aliphatic carbocycles. The summed E-state index contributed by atoms with van der Waals surface area (Å²) in [5, 5.41) is 0. The molecule has 0 aromatic heterocycles. The van der Waals surface area contributed by atoms with E-state index in [0.717, 1.165) is 6.42 Å². The van der Waals surface area contributed by atoms with Crippen molar-refractivity contribution in [2.24, 2.45) is 5.73 Å². The van der Waals surface area contributed by atoms with Crippen molar-refractivity contribution in [3.8, 4) is 0 Å². The second-order valence-corrected chi connectivity index (χ2v) is 7.17. The lowest BCUT2D eigenvalue weighted by Gasteiger charge is -2.36. The van der Waals surface area contributed by atoms with Gasteiger partial charge >= 0.3 is 6.09 Å². The van der Waals surface area contributed by atoms with Gasteiger partial charge in [-0.3, -0.25) is 0 Å². The molecule has 4 nitrogen and oxygen atoms in total. The van der Waals surface area contributed by atoms with Crippen LogP contribution < -0.4 is 5.73 Å². The highest BCUT2D eigenvalue weighted by Crippen LogP contribution is 2.29. The van der Waals surface area contributed by atoms with E-state index in [1.165, 1.54) is 11.1 Å². The van der Waals surface area contributed by atoms with Gasteiger partial charge in [0.15, 0.2) is 0 Å². The number of benzene rings is 1. The van der Waals surface area contributed by atoms with Crippen molar-refractivity contribution < 1.29 is 9.53 Å². The molecule has 1 aromatic rings. The molecule has 1 aliphatic rings. The van der Waals surface area contributed by atoms with Gasteiger partial charge in [0, 0.05) is 25.0 Å². The number of rotatable bonds is 2. The van der Waals surface area contributed by atoms with Crippen LogP contribution in [0.3, 0.4) is 0 Å². The van der Waals surface area contributed by atoms with E-state index < -0.39 is 0 Å². The molecule has 0 bridgehead atoms. The van der Waals surface area contributed by atoms with E-state index in [9.17, 15) is 4.79 Å². The second kappa shape index (κ2) is 6.69. The Hall–Kier alpha value is -1.55. The SMILES string of the molecule is CCOC(=O)N1CC(N)CC(c2ccc(C(C)(C)C)cc2)C1. The van der Waals surface area contributed by atoms with Crippen LogP contribution in [0.15, 0.2) is 24.3 Å². The van der Waals surface area contributed by atoms with Crippen molar-refractivity contribution in [2.75, 3.05) is 19.7 Å². The molecule has 22 heavy (non-hydrogen) atoms. The summed E-state index contributed by atoms with van der Waals surface area (Å²) >= 11 is 0. The molecule has 1 amide bonds. The Bertz CT molecular complexity index is 505. The zero-order valence-corrected chi connectivity index (χ0v) is 14.1. The van der Waals surface area contributed by atoms with Crippen molar-refractivity contribution in [3.63, 3.8) is 0 Å². The Balaban J connectivity index is 2.12. The number of hydrogen-bond donors (Lipinski definition) is 1. The monoisotopic (exact) mass is 304 g/mol. The summed E-state index contributed by atoms with van der Waals surface area (Å²) in [7, 11) is 0. The fourth-order valence-corrected chi connectivity index (χ4v) is 3.00. The number of carbonyl (C=O) groups is 1. The Morgan fingerprint density at radius 2 is 1.91 bits per heavy atom. The van der Waals surface area contributed by atoms with Gasteiger partial charge in [-0.2, -0.15) is 0 Å². The van der Waals surface area contributed by atoms with Gasteiger partial charge in [-0.15, -0.1) is 0 Å². The predicted octanol–water partition coefficient (Wildman–Crippen LogP) is 3.26. The molecule has 0 saturated carbocycles. The second-order valence-electron chi connectivity index (χ2n) is 7.17. The summed E-state index contributed by atoms with van der Waals surface area (Å²) in [5.41, 5.74) is 8.85. The van der Waals surface area contributed by atoms with E-state index in [1.54, 1.807) is 4.90 Å². The van der Waals surface area contributed by atoms with Gasteiger partial charge in [0.05, 0.1) is 6.61 Å². The van der Waals surface area contributed by atoms with E-state index >= 15 is 0 Å². The molecule has 1 heterocycles. The highest BCUT2D eigenvalue weighted by molar-refractivity contribution is 5.68. The standard InChI is InChI=1S/C18H28N2O2/c1-5-22-17(21)20-11-14(10-16(19)12-20)13-6-8-15(9-7-13)18(2,3)4/h6-9,14,16H,5,10-12,19H2,1-4H3. The first kappa shape index (κ1) is 16.8. The molecule has 1 aliphatic heterocycles. The molecular formula is C18H28N2O2. The first-order valence-corrected chi connectivity index (χ1v) is 8.09. The summed E-state index contributed by atoms with van der Waals surface area (Å²) in [6.07, 6.45) is 0.652. The quantitative estimate of drug-likeness (QED) is 0.912. The first-order chi connectivity index (χ1) is 10.3. The van der Waals surface area contributed by atoms with E-state index in [4.69, 9.17) is 10.5 Å². The van der Waals surface area contributed by atoms with Crippen LogP contribution >= 0.6 is 0 Å². The van der Waals surface area contributed by atoms with Crippen LogP contribution in [0.5, 0.6) is 0 Å². The zero-order chi connectivity index (χ0) is 16.3. The fourth-order valence-electron chi connectivity index (χ4n) is 3.00. The van der Waals surface area contributed by atoms with Crippen molar-refractivity contribution in [2.45, 2.75) is 51.5 Å². The molecule has 0 spiro atoms. The smallest absolute Gasteiger partial charge is 0.409 e. The van der Waals surface area contributed by atoms with Crippen LogP contribution in [-0.2, 0) is 10.2 Å². The summed E-state index contributed by atoms with van der Waals surface area (Å²) in [5.74, 6) is 0.280. The summed E-state index contributed by atoms with van der Waals surface area (Å²) in [4.78, 5) is 13.7. The lowest BCUT2D eigenvalue weighted by Crippen LogP contribution is -2.48. The maximum atomic E-state index is 12.0. The normalized spacial score (nSPS) is 22.5. The van der Waals surface area contributed by atoms with Crippen LogP contribution in [0.4, 0.5) is 4.79 Å². The van der Waals surface area contributed by atoms with Gasteiger partial charge in [0.2, 0.25) is 0 Å². The Kier molecular flexibility index (Phi) is 5.12. The molecule has 2 N–H and O–H groups in total. The first-order valence-electron chi connectivity index (χ1n) is 8.09. The Labute approximate surface area is 133 Å². The van der Waals surface area contributed by atoms with Gasteiger partial charge in [-0.1, -0.05) is 45.0 Å². The van der Waals surface area contributed by atoms with Gasteiger partial charge in [-0.25, -0.2) is 4.79 Å². The molecule has 0 radical (unpaired) electrons. The lowest BCUT2D eigenvalue weighted by atomic mass is 9.83. The van der Waals surface area contributed by atoms with Gasteiger partial charge in [0.25, 0.3) is 0 Å². The van der Waals surface area contributed by atoms with Crippen LogP contribution in [-0.4, -0.2) is 36.7 Å². The summed E-state index contributed by atoms with van der Waals surface area (Å²) < 4.78 is 5.11. The minimum absolute atomic E-state index is 0.00505. The molecule has 1 aromatic carbocycles. The number of ether oxygens (including phenoxy) is 1. The van der Waals surface area contributed by atoms with Gasteiger partial charge in [-0.05, 0) is 29.9 Å². The third-order valence-electron chi connectivity index (χ3n) is 4.26. The average Bonchev–Trinajstić information content (AvgIpc) is 2.46. The molecule has 1 fully saturated rings.